The molecule has 0 N–H and O–H groups in total. The summed E-state index contributed by atoms with van der Waals surface area (Å²) >= 11 is 5.71. The van der Waals surface area contributed by atoms with Crippen molar-refractivity contribution in [2.45, 2.75) is 38.1 Å². The number of aliphatic imine (C=N–C) groups is 1. The molecule has 0 aromatic heterocycles. The van der Waals surface area contributed by atoms with Crippen LogP contribution in [0.2, 0.25) is 0 Å². The first-order chi connectivity index (χ1) is 5.88. The maximum Gasteiger partial charge on any atom is 0.235 e. The predicted octanol–water partition coefficient (Wildman–Crippen LogP) is 2.51. The molecular weight excluding hydrogens is 174 g/mol. The topological polar surface area (TPSA) is 29.4 Å². The van der Waals surface area contributed by atoms with Crippen molar-refractivity contribution in [3.05, 3.63) is 0 Å². The van der Waals surface area contributed by atoms with E-state index < -0.39 is 0 Å². The second-order valence-corrected chi connectivity index (χ2v) is 3.65. The van der Waals surface area contributed by atoms with Gasteiger partial charge >= 0.3 is 0 Å². The van der Waals surface area contributed by atoms with Crippen molar-refractivity contribution in [2.75, 3.05) is 5.88 Å². The van der Waals surface area contributed by atoms with Gasteiger partial charge in [-0.25, -0.2) is 9.79 Å². The van der Waals surface area contributed by atoms with Crippen LogP contribution in [-0.4, -0.2) is 18.0 Å². The summed E-state index contributed by atoms with van der Waals surface area (Å²) in [7, 11) is 0. The van der Waals surface area contributed by atoms with Crippen molar-refractivity contribution < 1.29 is 4.79 Å². The van der Waals surface area contributed by atoms with Crippen LogP contribution in [0.1, 0.15) is 32.1 Å². The number of rotatable bonds is 3. The lowest BCUT2D eigenvalue weighted by atomic mass is 9.85. The van der Waals surface area contributed by atoms with Crippen molar-refractivity contribution in [3.8, 4) is 0 Å². The fraction of sp³-hybridized carbons (Fsp3) is 0.889. The molecule has 12 heavy (non-hydrogen) atoms. The molecule has 1 atom stereocenters. The number of halogens is 1. The van der Waals surface area contributed by atoms with E-state index in [-0.39, 0.29) is 6.04 Å². The Labute approximate surface area is 78.0 Å². The minimum Gasteiger partial charge on any atom is -0.211 e. The molecule has 0 bridgehead atoms. The van der Waals surface area contributed by atoms with E-state index in [0.717, 1.165) is 0 Å². The van der Waals surface area contributed by atoms with Crippen LogP contribution in [0, 0.1) is 5.92 Å². The third-order valence-electron chi connectivity index (χ3n) is 2.57. The summed E-state index contributed by atoms with van der Waals surface area (Å²) in [4.78, 5) is 13.8. The largest absolute Gasteiger partial charge is 0.235 e. The van der Waals surface area contributed by atoms with Crippen LogP contribution < -0.4 is 0 Å². The molecule has 1 rings (SSSR count). The van der Waals surface area contributed by atoms with E-state index in [1.165, 1.54) is 32.1 Å². The van der Waals surface area contributed by atoms with Crippen LogP contribution in [-0.2, 0) is 4.79 Å². The Balaban J connectivity index is 2.45. The van der Waals surface area contributed by atoms with Gasteiger partial charge in [-0.05, 0) is 18.8 Å². The van der Waals surface area contributed by atoms with Crippen molar-refractivity contribution in [1.82, 2.24) is 0 Å². The number of hydrogen-bond donors (Lipinski definition) is 0. The molecule has 2 nitrogen and oxygen atoms in total. The van der Waals surface area contributed by atoms with Crippen LogP contribution in [0.25, 0.3) is 0 Å². The molecule has 1 aliphatic rings. The smallest absolute Gasteiger partial charge is 0.211 e. The van der Waals surface area contributed by atoms with Crippen molar-refractivity contribution >= 4 is 17.7 Å². The molecule has 0 amide bonds. The van der Waals surface area contributed by atoms with E-state index in [1.807, 2.05) is 0 Å². The first kappa shape index (κ1) is 9.76. The van der Waals surface area contributed by atoms with E-state index in [4.69, 9.17) is 11.6 Å². The van der Waals surface area contributed by atoms with Crippen LogP contribution in [0.3, 0.4) is 0 Å². The van der Waals surface area contributed by atoms with Gasteiger partial charge in [-0.2, -0.15) is 0 Å². The second kappa shape index (κ2) is 5.34. The van der Waals surface area contributed by atoms with Crippen molar-refractivity contribution in [2.24, 2.45) is 10.9 Å². The molecule has 3 heteroatoms. The highest BCUT2D eigenvalue weighted by molar-refractivity contribution is 6.18. The maximum absolute atomic E-state index is 10.1. The molecule has 0 saturated heterocycles. The van der Waals surface area contributed by atoms with Gasteiger partial charge in [0.15, 0.2) is 0 Å². The van der Waals surface area contributed by atoms with Gasteiger partial charge in [-0.15, -0.1) is 11.6 Å². The maximum atomic E-state index is 10.1. The Morgan fingerprint density at radius 2 is 2.08 bits per heavy atom. The number of isocyanates is 1. The highest BCUT2D eigenvalue weighted by atomic mass is 35.5. The Bertz CT molecular complexity index is 171. The summed E-state index contributed by atoms with van der Waals surface area (Å²) in [5.41, 5.74) is 0. The second-order valence-electron chi connectivity index (χ2n) is 3.34. The molecule has 1 saturated carbocycles. The van der Waals surface area contributed by atoms with Gasteiger partial charge in [0.05, 0.1) is 6.04 Å². The molecule has 0 aromatic rings. The van der Waals surface area contributed by atoms with Crippen molar-refractivity contribution in [3.63, 3.8) is 0 Å². The average molecular weight is 188 g/mol. The van der Waals surface area contributed by atoms with Gasteiger partial charge in [0.25, 0.3) is 0 Å². The lowest BCUT2D eigenvalue weighted by Crippen LogP contribution is -2.22. The fourth-order valence-corrected chi connectivity index (χ4v) is 2.17. The summed E-state index contributed by atoms with van der Waals surface area (Å²) < 4.78 is 0. The standard InChI is InChI=1S/C9H14ClNO/c10-6-9(11-7-12)8-4-2-1-3-5-8/h8-9H,1-6H2. The van der Waals surface area contributed by atoms with Gasteiger partial charge in [-0.1, -0.05) is 19.3 Å². The van der Waals surface area contributed by atoms with E-state index >= 15 is 0 Å². The zero-order valence-corrected chi connectivity index (χ0v) is 7.89. The normalized spacial score (nSPS) is 21.4. The average Bonchev–Trinajstić information content (AvgIpc) is 2.15. The molecule has 0 radical (unpaired) electrons. The predicted molar refractivity (Wildman–Crippen MR) is 49.2 cm³/mol. The Kier molecular flexibility index (Phi) is 4.34. The molecule has 1 fully saturated rings. The number of nitrogens with zero attached hydrogens (tertiary/aromatic N) is 1. The summed E-state index contributed by atoms with van der Waals surface area (Å²) in [6.45, 7) is 0. The fourth-order valence-electron chi connectivity index (χ4n) is 1.85. The SMILES string of the molecule is O=C=NC(CCl)C1CCCCC1. The van der Waals surface area contributed by atoms with Gasteiger partial charge in [-0.3, -0.25) is 0 Å². The van der Waals surface area contributed by atoms with E-state index in [9.17, 15) is 4.79 Å². The highest BCUT2D eigenvalue weighted by Crippen LogP contribution is 2.28. The minimum absolute atomic E-state index is 0.0180. The first-order valence-corrected chi connectivity index (χ1v) is 5.05. The number of hydrogen-bond acceptors (Lipinski definition) is 2. The zero-order valence-electron chi connectivity index (χ0n) is 7.13. The van der Waals surface area contributed by atoms with Crippen LogP contribution >= 0.6 is 11.6 Å². The van der Waals surface area contributed by atoms with Gasteiger partial charge in [0, 0.05) is 5.88 Å². The van der Waals surface area contributed by atoms with E-state index in [2.05, 4.69) is 4.99 Å². The van der Waals surface area contributed by atoms with Gasteiger partial charge < -0.3 is 0 Å². The van der Waals surface area contributed by atoms with E-state index in [1.54, 1.807) is 6.08 Å². The summed E-state index contributed by atoms with van der Waals surface area (Å²) in [6.07, 6.45) is 7.77. The van der Waals surface area contributed by atoms with E-state index in [0.29, 0.717) is 11.8 Å². The van der Waals surface area contributed by atoms with Crippen LogP contribution in [0.15, 0.2) is 4.99 Å². The monoisotopic (exact) mass is 187 g/mol. The third-order valence-corrected chi connectivity index (χ3v) is 2.89. The zero-order chi connectivity index (χ0) is 8.81. The quantitative estimate of drug-likeness (QED) is 0.379. The Hall–Kier alpha value is -0.330. The summed E-state index contributed by atoms with van der Waals surface area (Å²) in [5, 5.41) is 0. The van der Waals surface area contributed by atoms with Gasteiger partial charge in [0.1, 0.15) is 0 Å². The van der Waals surface area contributed by atoms with Crippen LogP contribution in [0.4, 0.5) is 0 Å². The van der Waals surface area contributed by atoms with Crippen LogP contribution in [0.5, 0.6) is 0 Å². The summed E-state index contributed by atoms with van der Waals surface area (Å²) in [5.74, 6) is 0.984. The molecule has 0 aliphatic heterocycles. The molecule has 1 aliphatic carbocycles. The molecule has 1 unspecified atom stereocenters. The molecule has 68 valence electrons. The Morgan fingerprint density at radius 3 is 2.58 bits per heavy atom. The third kappa shape index (κ3) is 2.62. The highest BCUT2D eigenvalue weighted by Gasteiger charge is 2.22. The van der Waals surface area contributed by atoms with Gasteiger partial charge in [0.2, 0.25) is 6.08 Å². The molecule has 0 spiro atoms. The lowest BCUT2D eigenvalue weighted by molar-refractivity contribution is 0.319. The first-order valence-electron chi connectivity index (χ1n) is 4.51. The van der Waals surface area contributed by atoms with Crippen molar-refractivity contribution in [1.29, 1.82) is 0 Å². The molecule has 0 aromatic carbocycles. The number of carbonyl (C=O) groups excluding carboxylic acids is 1. The summed E-state index contributed by atoms with van der Waals surface area (Å²) in [6, 6.07) is 0.0180. The molecule has 0 heterocycles. The Morgan fingerprint density at radius 1 is 1.42 bits per heavy atom. The number of alkyl halides is 1. The minimum atomic E-state index is 0.0180. The lowest BCUT2D eigenvalue weighted by Gasteiger charge is -2.24. The molecular formula is C9H14ClNO.